The molecule has 1 aliphatic rings. The normalized spacial score (nSPS) is 16.5. The average Bonchev–Trinajstić information content (AvgIpc) is 2.58. The first kappa shape index (κ1) is 21.0. The zero-order chi connectivity index (χ0) is 16.7. The van der Waals surface area contributed by atoms with E-state index in [-0.39, 0.29) is 35.7 Å². The van der Waals surface area contributed by atoms with Crippen LogP contribution in [-0.4, -0.2) is 56.4 Å². The van der Waals surface area contributed by atoms with E-state index in [4.69, 9.17) is 9.47 Å². The minimum absolute atomic E-state index is 0. The molecule has 0 atom stereocenters. The van der Waals surface area contributed by atoms with E-state index in [0.717, 1.165) is 44.2 Å². The Bertz CT molecular complexity index is 500. The van der Waals surface area contributed by atoms with Crippen LogP contribution in [-0.2, 0) is 4.74 Å². The monoisotopic (exact) mass is 447 g/mol. The molecule has 1 heterocycles. The van der Waals surface area contributed by atoms with E-state index in [2.05, 4.69) is 29.1 Å². The summed E-state index contributed by atoms with van der Waals surface area (Å²) in [4.78, 5) is 6.68. The smallest absolute Gasteiger partial charge is 0.193 e. The Hall–Kier alpha value is -1.02. The summed E-state index contributed by atoms with van der Waals surface area (Å²) < 4.78 is 11.5. The van der Waals surface area contributed by atoms with Crippen LogP contribution in [0, 0.1) is 0 Å². The summed E-state index contributed by atoms with van der Waals surface area (Å²) in [6.45, 7) is 6.76. The summed E-state index contributed by atoms with van der Waals surface area (Å²) >= 11 is 0. The van der Waals surface area contributed by atoms with Crippen molar-refractivity contribution in [2.75, 3.05) is 33.8 Å². The van der Waals surface area contributed by atoms with Gasteiger partial charge in [-0.3, -0.25) is 4.99 Å². The lowest BCUT2D eigenvalue weighted by Crippen LogP contribution is -2.50. The van der Waals surface area contributed by atoms with Gasteiger partial charge in [-0.1, -0.05) is 18.2 Å². The van der Waals surface area contributed by atoms with Crippen LogP contribution in [0.4, 0.5) is 0 Å². The molecule has 1 aromatic carbocycles. The number of halogens is 1. The molecule has 0 bridgehead atoms. The van der Waals surface area contributed by atoms with Crippen molar-refractivity contribution in [3.8, 4) is 5.75 Å². The molecule has 0 unspecified atom stereocenters. The molecule has 136 valence electrons. The number of nitrogens with zero attached hydrogens (tertiary/aromatic N) is 2. The lowest BCUT2D eigenvalue weighted by molar-refractivity contribution is 0.0260. The van der Waals surface area contributed by atoms with Crippen molar-refractivity contribution in [1.29, 1.82) is 0 Å². The van der Waals surface area contributed by atoms with Gasteiger partial charge in [0.05, 0.1) is 5.60 Å². The fourth-order valence-corrected chi connectivity index (χ4v) is 2.57. The standard InChI is InChI=1S/C18H29N3O2.HI/c1-18(2,22-4)14-20-17(19-3)21-12-10-16(11-13-21)23-15-8-6-5-7-9-15;/h5-9,16H,10-14H2,1-4H3,(H,19,20);1H. The van der Waals surface area contributed by atoms with Crippen LogP contribution in [0.25, 0.3) is 0 Å². The molecule has 2 rings (SSSR count). The van der Waals surface area contributed by atoms with Gasteiger partial charge in [-0.15, -0.1) is 24.0 Å². The number of likely N-dealkylation sites (tertiary alicyclic amines) is 1. The van der Waals surface area contributed by atoms with Gasteiger partial charge in [-0.05, 0) is 26.0 Å². The largest absolute Gasteiger partial charge is 0.490 e. The molecule has 1 saturated heterocycles. The number of piperidine rings is 1. The zero-order valence-electron chi connectivity index (χ0n) is 15.1. The van der Waals surface area contributed by atoms with Crippen molar-refractivity contribution in [2.24, 2.45) is 4.99 Å². The first-order chi connectivity index (χ1) is 11.0. The second kappa shape index (κ2) is 10.1. The molecule has 0 aromatic heterocycles. The molecule has 24 heavy (non-hydrogen) atoms. The van der Waals surface area contributed by atoms with E-state index < -0.39 is 0 Å². The number of hydrogen-bond donors (Lipinski definition) is 1. The van der Waals surface area contributed by atoms with Gasteiger partial charge >= 0.3 is 0 Å². The number of rotatable bonds is 5. The summed E-state index contributed by atoms with van der Waals surface area (Å²) in [5, 5.41) is 3.40. The second-order valence-corrected chi connectivity index (χ2v) is 6.48. The van der Waals surface area contributed by atoms with Crippen LogP contribution in [0.2, 0.25) is 0 Å². The van der Waals surface area contributed by atoms with Gasteiger partial charge in [0, 0.05) is 46.6 Å². The van der Waals surface area contributed by atoms with Gasteiger partial charge in [0.2, 0.25) is 0 Å². The quantitative estimate of drug-likeness (QED) is 0.428. The third kappa shape index (κ3) is 6.47. The van der Waals surface area contributed by atoms with E-state index in [1.807, 2.05) is 37.4 Å². The molecule has 0 saturated carbocycles. The Morgan fingerprint density at radius 1 is 1.25 bits per heavy atom. The summed E-state index contributed by atoms with van der Waals surface area (Å²) in [5.41, 5.74) is -0.204. The number of methoxy groups -OCH3 is 1. The summed E-state index contributed by atoms with van der Waals surface area (Å²) in [5.74, 6) is 1.89. The molecule has 1 aliphatic heterocycles. The van der Waals surface area contributed by atoms with Crippen LogP contribution in [0.1, 0.15) is 26.7 Å². The predicted molar refractivity (Wildman–Crippen MR) is 110 cm³/mol. The Morgan fingerprint density at radius 2 is 1.88 bits per heavy atom. The van der Waals surface area contributed by atoms with Gasteiger partial charge in [0.15, 0.2) is 5.96 Å². The molecular formula is C18H30IN3O2. The van der Waals surface area contributed by atoms with Crippen LogP contribution in [0.15, 0.2) is 35.3 Å². The number of nitrogens with one attached hydrogen (secondary N) is 1. The predicted octanol–water partition coefficient (Wildman–Crippen LogP) is 3.15. The average molecular weight is 447 g/mol. The van der Waals surface area contributed by atoms with Crippen LogP contribution < -0.4 is 10.1 Å². The third-order valence-electron chi connectivity index (χ3n) is 4.22. The molecule has 0 amide bonds. The highest BCUT2D eigenvalue weighted by molar-refractivity contribution is 14.0. The maximum Gasteiger partial charge on any atom is 0.193 e. The van der Waals surface area contributed by atoms with Crippen molar-refractivity contribution in [3.63, 3.8) is 0 Å². The van der Waals surface area contributed by atoms with Gasteiger partial charge in [0.25, 0.3) is 0 Å². The van der Waals surface area contributed by atoms with Crippen molar-refractivity contribution in [1.82, 2.24) is 10.2 Å². The SMILES string of the molecule is CN=C(NCC(C)(C)OC)N1CCC(Oc2ccccc2)CC1.I. The van der Waals surface area contributed by atoms with E-state index in [9.17, 15) is 0 Å². The summed E-state index contributed by atoms with van der Waals surface area (Å²) in [6, 6.07) is 10.0. The number of aliphatic imine (C=N–C) groups is 1. The highest BCUT2D eigenvalue weighted by Crippen LogP contribution is 2.18. The minimum atomic E-state index is -0.204. The second-order valence-electron chi connectivity index (χ2n) is 6.48. The molecule has 1 N–H and O–H groups in total. The summed E-state index contributed by atoms with van der Waals surface area (Å²) in [7, 11) is 3.56. The molecule has 0 radical (unpaired) electrons. The van der Waals surface area contributed by atoms with E-state index >= 15 is 0 Å². The number of benzene rings is 1. The van der Waals surface area contributed by atoms with Gasteiger partial charge in [0.1, 0.15) is 11.9 Å². The number of hydrogen-bond acceptors (Lipinski definition) is 3. The topological polar surface area (TPSA) is 46.1 Å². The molecular weight excluding hydrogens is 417 g/mol. The van der Waals surface area contributed by atoms with Crippen LogP contribution in [0.5, 0.6) is 5.75 Å². The van der Waals surface area contributed by atoms with Crippen molar-refractivity contribution in [2.45, 2.75) is 38.4 Å². The van der Waals surface area contributed by atoms with Crippen molar-refractivity contribution < 1.29 is 9.47 Å². The minimum Gasteiger partial charge on any atom is -0.490 e. The lowest BCUT2D eigenvalue weighted by Gasteiger charge is -2.35. The molecule has 5 nitrogen and oxygen atoms in total. The Balaban J connectivity index is 0.00000288. The number of para-hydroxylation sites is 1. The first-order valence-corrected chi connectivity index (χ1v) is 8.26. The highest BCUT2D eigenvalue weighted by Gasteiger charge is 2.24. The Morgan fingerprint density at radius 3 is 2.42 bits per heavy atom. The molecule has 1 aromatic rings. The summed E-state index contributed by atoms with van der Waals surface area (Å²) in [6.07, 6.45) is 2.29. The van der Waals surface area contributed by atoms with E-state index in [0.29, 0.717) is 0 Å². The highest BCUT2D eigenvalue weighted by atomic mass is 127. The maximum atomic E-state index is 6.04. The van der Waals surface area contributed by atoms with Crippen LogP contribution in [0.3, 0.4) is 0 Å². The van der Waals surface area contributed by atoms with Crippen molar-refractivity contribution in [3.05, 3.63) is 30.3 Å². The van der Waals surface area contributed by atoms with Crippen LogP contribution >= 0.6 is 24.0 Å². The Labute approximate surface area is 162 Å². The third-order valence-corrected chi connectivity index (χ3v) is 4.22. The van der Waals surface area contributed by atoms with Crippen molar-refractivity contribution >= 4 is 29.9 Å². The molecule has 6 heteroatoms. The lowest BCUT2D eigenvalue weighted by atomic mass is 10.1. The van der Waals surface area contributed by atoms with E-state index in [1.165, 1.54) is 0 Å². The maximum absolute atomic E-state index is 6.04. The van der Waals surface area contributed by atoms with Gasteiger partial charge in [-0.2, -0.15) is 0 Å². The fourth-order valence-electron chi connectivity index (χ4n) is 2.57. The van der Waals surface area contributed by atoms with Gasteiger partial charge < -0.3 is 19.7 Å². The molecule has 1 fully saturated rings. The zero-order valence-corrected chi connectivity index (χ0v) is 17.4. The number of guanidine groups is 1. The van der Waals surface area contributed by atoms with Gasteiger partial charge in [-0.25, -0.2) is 0 Å². The molecule has 0 spiro atoms. The molecule has 0 aliphatic carbocycles. The number of ether oxygens (including phenoxy) is 2. The first-order valence-electron chi connectivity index (χ1n) is 8.26. The fraction of sp³-hybridized carbons (Fsp3) is 0.611. The van der Waals surface area contributed by atoms with E-state index in [1.54, 1.807) is 7.11 Å². The Kier molecular flexibility index (Phi) is 8.83.